The van der Waals surface area contributed by atoms with E-state index in [1.54, 1.807) is 36.9 Å². The summed E-state index contributed by atoms with van der Waals surface area (Å²) in [6.45, 7) is 7.16. The largest absolute Gasteiger partial charge is 0.382 e. The summed E-state index contributed by atoms with van der Waals surface area (Å²) < 4.78 is 1.67. The van der Waals surface area contributed by atoms with Crippen LogP contribution in [0.3, 0.4) is 0 Å². The highest BCUT2D eigenvalue weighted by Gasteiger charge is 2.59. The predicted molar refractivity (Wildman–Crippen MR) is 144 cm³/mol. The van der Waals surface area contributed by atoms with Gasteiger partial charge in [0.25, 0.3) is 5.56 Å². The first-order valence-electron chi connectivity index (χ1n) is 12.6. The molecule has 0 aliphatic heterocycles. The SMILES string of the molecule is Cc1cnc(-c2ccnc(C(C)(C)O)n2)cc1-n1c(C)cc(C2CC23CCc2ccccc23)c(Cl)c1=O. The van der Waals surface area contributed by atoms with E-state index in [1.807, 2.05) is 19.9 Å². The molecule has 3 heterocycles. The van der Waals surface area contributed by atoms with E-state index < -0.39 is 5.60 Å². The molecule has 2 aliphatic rings. The van der Waals surface area contributed by atoms with Crippen molar-refractivity contribution < 1.29 is 5.11 Å². The molecule has 3 aromatic heterocycles. The van der Waals surface area contributed by atoms with Crippen LogP contribution in [0.25, 0.3) is 17.1 Å². The van der Waals surface area contributed by atoms with Crippen LogP contribution in [-0.4, -0.2) is 24.6 Å². The van der Waals surface area contributed by atoms with E-state index >= 15 is 0 Å². The number of aromatic nitrogens is 4. The maximum atomic E-state index is 13.7. The Morgan fingerprint density at radius 3 is 2.68 bits per heavy atom. The van der Waals surface area contributed by atoms with Gasteiger partial charge in [0.1, 0.15) is 10.6 Å². The molecule has 1 fully saturated rings. The molecule has 2 aliphatic carbocycles. The van der Waals surface area contributed by atoms with Crippen LogP contribution in [0.5, 0.6) is 0 Å². The van der Waals surface area contributed by atoms with Gasteiger partial charge in [-0.1, -0.05) is 35.9 Å². The Kier molecular flexibility index (Phi) is 5.41. The van der Waals surface area contributed by atoms with E-state index in [-0.39, 0.29) is 16.9 Å². The molecular weight excluding hydrogens is 484 g/mol. The van der Waals surface area contributed by atoms with Gasteiger partial charge in [-0.3, -0.25) is 14.3 Å². The first-order valence-corrected chi connectivity index (χ1v) is 13.0. The van der Waals surface area contributed by atoms with Crippen LogP contribution in [0.15, 0.2) is 59.7 Å². The fraction of sp³-hybridized carbons (Fsp3) is 0.333. The van der Waals surface area contributed by atoms with E-state index in [4.69, 9.17) is 11.6 Å². The van der Waals surface area contributed by atoms with Crippen LogP contribution in [0.2, 0.25) is 5.02 Å². The van der Waals surface area contributed by atoms with Crippen LogP contribution in [0.1, 0.15) is 66.4 Å². The van der Waals surface area contributed by atoms with Crippen LogP contribution in [0, 0.1) is 13.8 Å². The van der Waals surface area contributed by atoms with Crippen molar-refractivity contribution in [2.75, 3.05) is 0 Å². The van der Waals surface area contributed by atoms with Crippen LogP contribution in [-0.2, 0) is 17.4 Å². The number of pyridine rings is 2. The van der Waals surface area contributed by atoms with Crippen molar-refractivity contribution in [2.24, 2.45) is 0 Å². The lowest BCUT2D eigenvalue weighted by Gasteiger charge is -2.18. The van der Waals surface area contributed by atoms with Gasteiger partial charge in [0, 0.05) is 23.5 Å². The molecule has 1 N–H and O–H groups in total. The van der Waals surface area contributed by atoms with Gasteiger partial charge in [-0.25, -0.2) is 9.97 Å². The Morgan fingerprint density at radius 2 is 1.89 bits per heavy atom. The predicted octanol–water partition coefficient (Wildman–Crippen LogP) is 5.56. The van der Waals surface area contributed by atoms with Crippen LogP contribution < -0.4 is 5.56 Å². The molecule has 6 rings (SSSR count). The van der Waals surface area contributed by atoms with Gasteiger partial charge in [0.05, 0.1) is 17.1 Å². The number of fused-ring (bicyclic) bond motifs is 2. The quantitative estimate of drug-likeness (QED) is 0.387. The zero-order valence-electron chi connectivity index (χ0n) is 21.4. The molecule has 0 bridgehead atoms. The molecule has 1 aromatic carbocycles. The molecule has 0 amide bonds. The number of aryl methyl sites for hydroxylation is 3. The summed E-state index contributed by atoms with van der Waals surface area (Å²) in [6.07, 6.45) is 6.55. The van der Waals surface area contributed by atoms with Crippen LogP contribution >= 0.6 is 11.6 Å². The number of halogens is 1. The van der Waals surface area contributed by atoms with Gasteiger partial charge >= 0.3 is 0 Å². The molecule has 1 saturated carbocycles. The highest BCUT2D eigenvalue weighted by Crippen LogP contribution is 2.66. The lowest BCUT2D eigenvalue weighted by Crippen LogP contribution is -2.24. The molecule has 1 spiro atoms. The highest BCUT2D eigenvalue weighted by molar-refractivity contribution is 6.31. The Morgan fingerprint density at radius 1 is 1.11 bits per heavy atom. The van der Waals surface area contributed by atoms with E-state index in [2.05, 4.69) is 45.3 Å². The van der Waals surface area contributed by atoms with Gasteiger partial charge in [-0.15, -0.1) is 0 Å². The minimum Gasteiger partial charge on any atom is -0.382 e. The third kappa shape index (κ3) is 3.82. The minimum atomic E-state index is -1.18. The van der Waals surface area contributed by atoms with Gasteiger partial charge in [0.15, 0.2) is 5.82 Å². The summed E-state index contributed by atoms with van der Waals surface area (Å²) in [5.41, 5.74) is 6.05. The fourth-order valence-electron chi connectivity index (χ4n) is 5.98. The second-order valence-corrected chi connectivity index (χ2v) is 11.3. The molecule has 7 heteroatoms. The molecular formula is C30H29ClN4O2. The third-order valence-corrected chi connectivity index (χ3v) is 8.37. The smallest absolute Gasteiger partial charge is 0.274 e. The molecule has 0 radical (unpaired) electrons. The molecule has 0 saturated heterocycles. The van der Waals surface area contributed by atoms with E-state index in [0.29, 0.717) is 27.9 Å². The molecule has 6 nitrogen and oxygen atoms in total. The number of rotatable bonds is 4. The maximum Gasteiger partial charge on any atom is 0.274 e. The first kappa shape index (κ1) is 24.0. The monoisotopic (exact) mass is 512 g/mol. The number of nitrogens with zero attached hydrogens (tertiary/aromatic N) is 4. The third-order valence-electron chi connectivity index (χ3n) is 7.99. The number of aliphatic hydroxyl groups is 1. The minimum absolute atomic E-state index is 0.107. The van der Waals surface area contributed by atoms with Crippen molar-refractivity contribution in [1.29, 1.82) is 0 Å². The van der Waals surface area contributed by atoms with Gasteiger partial charge in [-0.2, -0.15) is 0 Å². The standard InChI is InChI=1S/C30H29ClN4O2/c1-17-16-33-24(23-10-12-32-28(34-23)29(3,4)37)14-25(17)35-18(2)13-20(26(31)27(35)36)22-15-30(22)11-9-19-7-5-6-8-21(19)30/h5-8,10,12-14,16,22,37H,9,11,15H2,1-4H3. The summed E-state index contributed by atoms with van der Waals surface area (Å²) in [6, 6.07) is 14.3. The maximum absolute atomic E-state index is 13.7. The summed E-state index contributed by atoms with van der Waals surface area (Å²) in [4.78, 5) is 27.0. The molecule has 2 atom stereocenters. The molecule has 37 heavy (non-hydrogen) atoms. The fourth-order valence-corrected chi connectivity index (χ4v) is 6.25. The molecule has 2 unspecified atom stereocenters. The summed E-state index contributed by atoms with van der Waals surface area (Å²) in [7, 11) is 0. The Labute approximate surface area is 221 Å². The average Bonchev–Trinajstić information content (AvgIpc) is 3.49. The van der Waals surface area contributed by atoms with Crippen LogP contribution in [0.4, 0.5) is 0 Å². The van der Waals surface area contributed by atoms with Crippen molar-refractivity contribution in [3.8, 4) is 17.1 Å². The summed E-state index contributed by atoms with van der Waals surface area (Å²) >= 11 is 6.83. The Balaban J connectivity index is 1.41. The van der Waals surface area contributed by atoms with Crippen molar-refractivity contribution in [3.05, 3.63) is 104 Å². The highest BCUT2D eigenvalue weighted by atomic mass is 35.5. The first-order chi connectivity index (χ1) is 17.6. The average molecular weight is 513 g/mol. The van der Waals surface area contributed by atoms with Crippen molar-refractivity contribution in [2.45, 2.75) is 63.9 Å². The lowest BCUT2D eigenvalue weighted by molar-refractivity contribution is 0.0688. The zero-order chi connectivity index (χ0) is 26.1. The second kappa shape index (κ2) is 8.33. The van der Waals surface area contributed by atoms with E-state index in [1.165, 1.54) is 11.1 Å². The zero-order valence-corrected chi connectivity index (χ0v) is 22.2. The number of hydrogen-bond donors (Lipinski definition) is 1. The van der Waals surface area contributed by atoms with Gasteiger partial charge < -0.3 is 5.11 Å². The summed E-state index contributed by atoms with van der Waals surface area (Å²) in [5, 5.41) is 10.6. The number of benzene rings is 1. The van der Waals surface area contributed by atoms with Crippen molar-refractivity contribution in [3.63, 3.8) is 0 Å². The topological polar surface area (TPSA) is 80.9 Å². The lowest BCUT2D eigenvalue weighted by atomic mass is 9.92. The van der Waals surface area contributed by atoms with Gasteiger partial charge in [-0.05, 0) is 93.3 Å². The normalized spacial score (nSPS) is 20.3. The Bertz CT molecular complexity index is 1620. The molecule has 188 valence electrons. The number of hydrogen-bond acceptors (Lipinski definition) is 5. The van der Waals surface area contributed by atoms with E-state index in [9.17, 15) is 9.90 Å². The van der Waals surface area contributed by atoms with E-state index in [0.717, 1.165) is 36.1 Å². The van der Waals surface area contributed by atoms with Crippen molar-refractivity contribution >= 4 is 11.6 Å². The molecule has 4 aromatic rings. The summed E-state index contributed by atoms with van der Waals surface area (Å²) in [5.74, 6) is 0.571. The van der Waals surface area contributed by atoms with Crippen molar-refractivity contribution in [1.82, 2.24) is 19.5 Å². The van der Waals surface area contributed by atoms with Gasteiger partial charge in [0.2, 0.25) is 0 Å². The second-order valence-electron chi connectivity index (χ2n) is 10.9. The Hall–Kier alpha value is -3.35.